The molecule has 20 heavy (non-hydrogen) atoms. The van der Waals surface area contributed by atoms with Crippen LogP contribution in [0.15, 0.2) is 42.5 Å². The molecule has 2 rings (SSSR count). The summed E-state index contributed by atoms with van der Waals surface area (Å²) < 4.78 is 51.2. The van der Waals surface area contributed by atoms with E-state index in [4.69, 9.17) is 11.6 Å². The second-order valence-electron chi connectivity index (χ2n) is 4.15. The van der Waals surface area contributed by atoms with E-state index in [2.05, 4.69) is 5.32 Å². The highest BCUT2D eigenvalue weighted by atomic mass is 35.5. The molecular formula is C14H10ClF4N. The molecule has 106 valence electrons. The van der Waals surface area contributed by atoms with Gasteiger partial charge in [-0.15, -0.1) is 0 Å². The van der Waals surface area contributed by atoms with Gasteiger partial charge in [-0.05, 0) is 24.3 Å². The number of anilines is 1. The van der Waals surface area contributed by atoms with Crippen LogP contribution in [0.2, 0.25) is 5.02 Å². The molecule has 0 bridgehead atoms. The molecule has 0 radical (unpaired) electrons. The van der Waals surface area contributed by atoms with Crippen LogP contribution in [0.1, 0.15) is 11.1 Å². The Balaban J connectivity index is 2.13. The van der Waals surface area contributed by atoms with E-state index in [9.17, 15) is 17.6 Å². The Labute approximate surface area is 118 Å². The fourth-order valence-corrected chi connectivity index (χ4v) is 1.88. The van der Waals surface area contributed by atoms with E-state index in [-0.39, 0.29) is 22.8 Å². The first kappa shape index (κ1) is 14.7. The summed E-state index contributed by atoms with van der Waals surface area (Å²) in [6, 6.07) is 9.23. The van der Waals surface area contributed by atoms with Crippen LogP contribution >= 0.6 is 11.6 Å². The zero-order valence-corrected chi connectivity index (χ0v) is 10.9. The van der Waals surface area contributed by atoms with Crippen molar-refractivity contribution >= 4 is 17.3 Å². The Morgan fingerprint density at radius 1 is 1.05 bits per heavy atom. The topological polar surface area (TPSA) is 12.0 Å². The van der Waals surface area contributed by atoms with Crippen LogP contribution in [0.3, 0.4) is 0 Å². The third-order valence-electron chi connectivity index (χ3n) is 2.70. The van der Waals surface area contributed by atoms with Crippen molar-refractivity contribution < 1.29 is 17.6 Å². The SMILES string of the molecule is Fc1c(Cl)cccc1CNc1cccc(C(F)(F)F)c1. The quantitative estimate of drug-likeness (QED) is 0.777. The molecule has 6 heteroatoms. The molecule has 1 N–H and O–H groups in total. The molecule has 2 aromatic rings. The Morgan fingerprint density at radius 2 is 1.75 bits per heavy atom. The molecule has 0 saturated carbocycles. The van der Waals surface area contributed by atoms with E-state index in [1.54, 1.807) is 6.07 Å². The van der Waals surface area contributed by atoms with Gasteiger partial charge in [-0.3, -0.25) is 0 Å². The Bertz CT molecular complexity index is 610. The summed E-state index contributed by atoms with van der Waals surface area (Å²) >= 11 is 5.63. The Hall–Kier alpha value is -1.75. The van der Waals surface area contributed by atoms with E-state index in [0.717, 1.165) is 12.1 Å². The summed E-state index contributed by atoms with van der Waals surface area (Å²) in [5.41, 5.74) is -0.205. The molecule has 0 heterocycles. The maximum atomic E-state index is 13.6. The number of nitrogens with one attached hydrogen (secondary N) is 1. The van der Waals surface area contributed by atoms with Gasteiger partial charge in [0, 0.05) is 17.8 Å². The molecule has 0 aromatic heterocycles. The van der Waals surface area contributed by atoms with Crippen LogP contribution in [0.5, 0.6) is 0 Å². The van der Waals surface area contributed by atoms with Crippen LogP contribution in [0, 0.1) is 5.82 Å². The highest BCUT2D eigenvalue weighted by molar-refractivity contribution is 6.30. The average Bonchev–Trinajstić information content (AvgIpc) is 2.40. The van der Waals surface area contributed by atoms with Gasteiger partial charge in [0.15, 0.2) is 0 Å². The zero-order chi connectivity index (χ0) is 14.8. The van der Waals surface area contributed by atoms with Crippen molar-refractivity contribution in [3.05, 3.63) is 64.4 Å². The molecule has 0 aliphatic rings. The van der Waals surface area contributed by atoms with Gasteiger partial charge in [0.25, 0.3) is 0 Å². The summed E-state index contributed by atoms with van der Waals surface area (Å²) in [6.07, 6.45) is -4.40. The van der Waals surface area contributed by atoms with Crippen LogP contribution in [0.25, 0.3) is 0 Å². The predicted octanol–water partition coefficient (Wildman–Crippen LogP) is 5.11. The van der Waals surface area contributed by atoms with Gasteiger partial charge in [0.2, 0.25) is 0 Å². The standard InChI is InChI=1S/C14H10ClF4N/c15-12-6-1-3-9(13(12)16)8-20-11-5-2-4-10(7-11)14(17,18)19/h1-7,20H,8H2. The highest BCUT2D eigenvalue weighted by Crippen LogP contribution is 2.30. The van der Waals surface area contributed by atoms with Gasteiger partial charge >= 0.3 is 6.18 Å². The molecule has 0 unspecified atom stereocenters. The van der Waals surface area contributed by atoms with Crippen LogP contribution in [-0.4, -0.2) is 0 Å². The number of halogens is 5. The van der Waals surface area contributed by atoms with E-state index >= 15 is 0 Å². The number of hydrogen-bond donors (Lipinski definition) is 1. The molecular weight excluding hydrogens is 294 g/mol. The lowest BCUT2D eigenvalue weighted by Gasteiger charge is -2.11. The normalized spacial score (nSPS) is 11.4. The van der Waals surface area contributed by atoms with Crippen molar-refractivity contribution in [2.45, 2.75) is 12.7 Å². The van der Waals surface area contributed by atoms with E-state index in [1.165, 1.54) is 24.3 Å². The molecule has 0 amide bonds. The van der Waals surface area contributed by atoms with Gasteiger partial charge < -0.3 is 5.32 Å². The highest BCUT2D eigenvalue weighted by Gasteiger charge is 2.30. The van der Waals surface area contributed by atoms with E-state index in [1.807, 2.05) is 0 Å². The van der Waals surface area contributed by atoms with Gasteiger partial charge in [0.05, 0.1) is 10.6 Å². The molecule has 0 fully saturated rings. The van der Waals surface area contributed by atoms with Crippen molar-refractivity contribution in [1.82, 2.24) is 0 Å². The molecule has 0 saturated heterocycles. The minimum atomic E-state index is -4.40. The Kier molecular flexibility index (Phi) is 4.18. The molecule has 0 atom stereocenters. The maximum Gasteiger partial charge on any atom is 0.416 e. The number of hydrogen-bond acceptors (Lipinski definition) is 1. The van der Waals surface area contributed by atoms with Gasteiger partial charge in [-0.1, -0.05) is 29.8 Å². The molecule has 1 nitrogen and oxygen atoms in total. The van der Waals surface area contributed by atoms with Crippen molar-refractivity contribution in [3.63, 3.8) is 0 Å². The van der Waals surface area contributed by atoms with Crippen molar-refractivity contribution in [2.75, 3.05) is 5.32 Å². The first-order valence-corrected chi connectivity index (χ1v) is 6.10. The number of alkyl halides is 3. The third-order valence-corrected chi connectivity index (χ3v) is 3.00. The second-order valence-corrected chi connectivity index (χ2v) is 4.55. The maximum absolute atomic E-state index is 13.6. The second kappa shape index (κ2) is 5.71. The fourth-order valence-electron chi connectivity index (χ4n) is 1.69. The van der Waals surface area contributed by atoms with Gasteiger partial charge in [-0.2, -0.15) is 13.2 Å². The summed E-state index contributed by atoms with van der Waals surface area (Å²) in [6.45, 7) is 0.0493. The van der Waals surface area contributed by atoms with Gasteiger partial charge in [0.1, 0.15) is 5.82 Å². The van der Waals surface area contributed by atoms with Crippen molar-refractivity contribution in [2.24, 2.45) is 0 Å². The average molecular weight is 304 g/mol. The Morgan fingerprint density at radius 3 is 2.45 bits per heavy atom. The van der Waals surface area contributed by atoms with Crippen LogP contribution < -0.4 is 5.32 Å². The van der Waals surface area contributed by atoms with E-state index < -0.39 is 17.6 Å². The lowest BCUT2D eigenvalue weighted by atomic mass is 10.1. The first-order valence-electron chi connectivity index (χ1n) is 5.72. The molecule has 2 aromatic carbocycles. The summed E-state index contributed by atoms with van der Waals surface area (Å²) in [7, 11) is 0. The first-order chi connectivity index (χ1) is 9.38. The van der Waals surface area contributed by atoms with Crippen LogP contribution in [-0.2, 0) is 12.7 Å². The summed E-state index contributed by atoms with van der Waals surface area (Å²) in [5, 5.41) is 2.72. The predicted molar refractivity (Wildman–Crippen MR) is 70.2 cm³/mol. The molecule has 0 aliphatic heterocycles. The summed E-state index contributed by atoms with van der Waals surface area (Å²) in [4.78, 5) is 0. The number of benzene rings is 2. The monoisotopic (exact) mass is 303 g/mol. The van der Waals surface area contributed by atoms with Crippen molar-refractivity contribution in [1.29, 1.82) is 0 Å². The molecule has 0 spiro atoms. The minimum Gasteiger partial charge on any atom is -0.381 e. The fraction of sp³-hybridized carbons (Fsp3) is 0.143. The third kappa shape index (κ3) is 3.42. The summed E-state index contributed by atoms with van der Waals surface area (Å²) in [5.74, 6) is -0.575. The smallest absolute Gasteiger partial charge is 0.381 e. The largest absolute Gasteiger partial charge is 0.416 e. The van der Waals surface area contributed by atoms with Crippen LogP contribution in [0.4, 0.5) is 23.2 Å². The number of rotatable bonds is 3. The lowest BCUT2D eigenvalue weighted by molar-refractivity contribution is -0.137. The van der Waals surface area contributed by atoms with Gasteiger partial charge in [-0.25, -0.2) is 4.39 Å². The molecule has 0 aliphatic carbocycles. The van der Waals surface area contributed by atoms with Crippen molar-refractivity contribution in [3.8, 4) is 0 Å². The van der Waals surface area contributed by atoms with E-state index in [0.29, 0.717) is 0 Å². The minimum absolute atomic E-state index is 0.0201. The zero-order valence-electron chi connectivity index (χ0n) is 10.1. The lowest BCUT2D eigenvalue weighted by Crippen LogP contribution is -2.07.